The van der Waals surface area contributed by atoms with Gasteiger partial charge in [-0.3, -0.25) is 4.79 Å². The molecule has 1 aromatic heterocycles. The summed E-state index contributed by atoms with van der Waals surface area (Å²) < 4.78 is 7.40. The van der Waals surface area contributed by atoms with Crippen LogP contribution in [0.2, 0.25) is 0 Å². The SMILES string of the molecule is CC(C(=O)Nc1cccc(OCCn2cncn2)c1)C1CNC1. The lowest BCUT2D eigenvalue weighted by Crippen LogP contribution is -2.48. The molecule has 2 N–H and O–H groups in total. The summed E-state index contributed by atoms with van der Waals surface area (Å²) in [6, 6.07) is 7.45. The minimum absolute atomic E-state index is 0.00754. The maximum Gasteiger partial charge on any atom is 0.227 e. The fourth-order valence-electron chi connectivity index (χ4n) is 2.40. The van der Waals surface area contributed by atoms with Gasteiger partial charge in [-0.1, -0.05) is 13.0 Å². The third kappa shape index (κ3) is 4.07. The van der Waals surface area contributed by atoms with Gasteiger partial charge in [0.2, 0.25) is 5.91 Å². The van der Waals surface area contributed by atoms with Crippen LogP contribution in [0.1, 0.15) is 6.92 Å². The first-order valence-electron chi connectivity index (χ1n) is 7.79. The summed E-state index contributed by atoms with van der Waals surface area (Å²) in [6.45, 7) is 4.92. The molecule has 23 heavy (non-hydrogen) atoms. The number of aromatic nitrogens is 3. The third-order valence-electron chi connectivity index (χ3n) is 4.09. The molecular weight excluding hydrogens is 294 g/mol. The molecule has 7 nitrogen and oxygen atoms in total. The molecule has 2 aromatic rings. The molecule has 0 aliphatic carbocycles. The van der Waals surface area contributed by atoms with Crippen molar-refractivity contribution in [2.75, 3.05) is 25.0 Å². The van der Waals surface area contributed by atoms with E-state index in [0.717, 1.165) is 24.5 Å². The van der Waals surface area contributed by atoms with Crippen LogP contribution in [0, 0.1) is 11.8 Å². The molecule has 1 saturated heterocycles. The van der Waals surface area contributed by atoms with Gasteiger partial charge in [-0.15, -0.1) is 0 Å². The molecule has 1 fully saturated rings. The lowest BCUT2D eigenvalue weighted by molar-refractivity contribution is -0.121. The molecule has 7 heteroatoms. The number of nitrogens with zero attached hydrogens (tertiary/aromatic N) is 3. The van der Waals surface area contributed by atoms with Crippen molar-refractivity contribution in [3.8, 4) is 5.75 Å². The monoisotopic (exact) mass is 315 g/mol. The number of benzene rings is 1. The Morgan fingerprint density at radius 2 is 2.39 bits per heavy atom. The second-order valence-electron chi connectivity index (χ2n) is 5.73. The molecule has 1 aromatic carbocycles. The molecule has 1 unspecified atom stereocenters. The van der Waals surface area contributed by atoms with Crippen molar-refractivity contribution in [3.05, 3.63) is 36.9 Å². The second kappa shape index (κ2) is 7.23. The van der Waals surface area contributed by atoms with Gasteiger partial charge >= 0.3 is 0 Å². The first-order chi connectivity index (χ1) is 11.2. The predicted octanol–water partition coefficient (Wildman–Crippen LogP) is 1.15. The second-order valence-corrected chi connectivity index (χ2v) is 5.73. The highest BCUT2D eigenvalue weighted by atomic mass is 16.5. The van der Waals surface area contributed by atoms with E-state index in [1.807, 2.05) is 31.2 Å². The standard InChI is InChI=1S/C16H21N5O2/c1-12(13-8-17-9-13)16(22)20-14-3-2-4-15(7-14)23-6-5-21-11-18-10-19-21/h2-4,7,10-13,17H,5-6,8-9H2,1H3,(H,20,22). The normalized spacial score (nSPS) is 15.7. The van der Waals surface area contributed by atoms with Crippen molar-refractivity contribution >= 4 is 11.6 Å². The molecule has 1 amide bonds. The van der Waals surface area contributed by atoms with E-state index < -0.39 is 0 Å². The van der Waals surface area contributed by atoms with Gasteiger partial charge in [0.15, 0.2) is 0 Å². The topological polar surface area (TPSA) is 81.1 Å². The number of ether oxygens (including phenoxy) is 1. The largest absolute Gasteiger partial charge is 0.492 e. The molecule has 122 valence electrons. The molecule has 3 rings (SSSR count). The van der Waals surface area contributed by atoms with E-state index in [1.54, 1.807) is 11.0 Å². The van der Waals surface area contributed by atoms with Crippen LogP contribution in [0.5, 0.6) is 5.75 Å². The number of carbonyl (C=O) groups excluding carboxylic acids is 1. The van der Waals surface area contributed by atoms with Gasteiger partial charge in [-0.2, -0.15) is 5.10 Å². The van der Waals surface area contributed by atoms with E-state index in [4.69, 9.17) is 4.74 Å². The van der Waals surface area contributed by atoms with E-state index in [-0.39, 0.29) is 11.8 Å². The predicted molar refractivity (Wildman–Crippen MR) is 86.1 cm³/mol. The van der Waals surface area contributed by atoms with Gasteiger partial charge < -0.3 is 15.4 Å². The van der Waals surface area contributed by atoms with E-state index in [1.165, 1.54) is 6.33 Å². The highest BCUT2D eigenvalue weighted by Gasteiger charge is 2.28. The molecule has 1 aliphatic rings. The highest BCUT2D eigenvalue weighted by Crippen LogP contribution is 2.21. The van der Waals surface area contributed by atoms with Gasteiger partial charge in [0.25, 0.3) is 0 Å². The number of anilines is 1. The highest BCUT2D eigenvalue weighted by molar-refractivity contribution is 5.92. The molecule has 0 saturated carbocycles. The summed E-state index contributed by atoms with van der Waals surface area (Å²) in [7, 11) is 0. The zero-order valence-corrected chi connectivity index (χ0v) is 13.1. The van der Waals surface area contributed by atoms with Crippen LogP contribution in [0.4, 0.5) is 5.69 Å². The Hall–Kier alpha value is -2.41. The van der Waals surface area contributed by atoms with E-state index in [2.05, 4.69) is 20.7 Å². The van der Waals surface area contributed by atoms with Crippen molar-refractivity contribution in [1.82, 2.24) is 20.1 Å². The fourth-order valence-corrected chi connectivity index (χ4v) is 2.40. The molecule has 1 aliphatic heterocycles. The zero-order valence-electron chi connectivity index (χ0n) is 13.1. The molecular formula is C16H21N5O2. The van der Waals surface area contributed by atoms with Crippen molar-refractivity contribution < 1.29 is 9.53 Å². The summed E-state index contributed by atoms with van der Waals surface area (Å²) in [5.41, 5.74) is 0.757. The molecule has 1 atom stereocenters. The number of nitrogens with one attached hydrogen (secondary N) is 2. The van der Waals surface area contributed by atoms with Crippen LogP contribution in [0.3, 0.4) is 0 Å². The van der Waals surface area contributed by atoms with Crippen LogP contribution in [-0.2, 0) is 11.3 Å². The van der Waals surface area contributed by atoms with Crippen molar-refractivity contribution in [1.29, 1.82) is 0 Å². The van der Waals surface area contributed by atoms with Crippen molar-refractivity contribution in [2.24, 2.45) is 11.8 Å². The van der Waals surface area contributed by atoms with E-state index in [9.17, 15) is 4.79 Å². The average Bonchev–Trinajstić information content (AvgIpc) is 2.99. The minimum atomic E-state index is 0.00754. The van der Waals surface area contributed by atoms with Gasteiger partial charge in [0, 0.05) is 17.7 Å². The maximum atomic E-state index is 12.2. The Labute approximate surface area is 135 Å². The summed E-state index contributed by atoms with van der Waals surface area (Å²) in [6.07, 6.45) is 3.14. The number of hydrogen-bond donors (Lipinski definition) is 2. The fraction of sp³-hybridized carbons (Fsp3) is 0.438. The first kappa shape index (κ1) is 15.5. The third-order valence-corrected chi connectivity index (χ3v) is 4.09. The molecule has 2 heterocycles. The lowest BCUT2D eigenvalue weighted by Gasteiger charge is -2.31. The number of rotatable bonds is 7. The van der Waals surface area contributed by atoms with E-state index in [0.29, 0.717) is 19.1 Å². The zero-order chi connectivity index (χ0) is 16.1. The van der Waals surface area contributed by atoms with Gasteiger partial charge in [0.1, 0.15) is 25.0 Å². The average molecular weight is 315 g/mol. The smallest absolute Gasteiger partial charge is 0.227 e. The quantitative estimate of drug-likeness (QED) is 0.801. The molecule has 0 spiro atoms. The Bertz CT molecular complexity index is 640. The Morgan fingerprint density at radius 3 is 3.09 bits per heavy atom. The van der Waals surface area contributed by atoms with Crippen LogP contribution < -0.4 is 15.4 Å². The van der Waals surface area contributed by atoms with Gasteiger partial charge in [-0.25, -0.2) is 9.67 Å². The minimum Gasteiger partial charge on any atom is -0.492 e. The summed E-state index contributed by atoms with van der Waals surface area (Å²) in [5.74, 6) is 1.21. The summed E-state index contributed by atoms with van der Waals surface area (Å²) in [4.78, 5) is 16.1. The summed E-state index contributed by atoms with van der Waals surface area (Å²) >= 11 is 0. The first-order valence-corrected chi connectivity index (χ1v) is 7.79. The van der Waals surface area contributed by atoms with E-state index >= 15 is 0 Å². The Balaban J connectivity index is 1.51. The lowest BCUT2D eigenvalue weighted by atomic mass is 9.88. The number of carbonyl (C=O) groups is 1. The van der Waals surface area contributed by atoms with Crippen molar-refractivity contribution in [2.45, 2.75) is 13.5 Å². The Kier molecular flexibility index (Phi) is 4.87. The maximum absolute atomic E-state index is 12.2. The van der Waals surface area contributed by atoms with Crippen LogP contribution in [0.25, 0.3) is 0 Å². The van der Waals surface area contributed by atoms with Crippen LogP contribution >= 0.6 is 0 Å². The Morgan fingerprint density at radius 1 is 1.52 bits per heavy atom. The van der Waals surface area contributed by atoms with Crippen molar-refractivity contribution in [3.63, 3.8) is 0 Å². The molecule has 0 radical (unpaired) electrons. The summed E-state index contributed by atoms with van der Waals surface area (Å²) in [5, 5.41) is 10.2. The number of amides is 1. The van der Waals surface area contributed by atoms with Gasteiger partial charge in [0.05, 0.1) is 6.54 Å². The van der Waals surface area contributed by atoms with Gasteiger partial charge in [-0.05, 0) is 31.1 Å². The van der Waals surface area contributed by atoms with Crippen LogP contribution in [0.15, 0.2) is 36.9 Å². The molecule has 0 bridgehead atoms. The van der Waals surface area contributed by atoms with Crippen LogP contribution in [-0.4, -0.2) is 40.4 Å². The number of hydrogen-bond acceptors (Lipinski definition) is 5.